The molecule has 6 heteroatoms. The molecule has 0 radical (unpaired) electrons. The van der Waals surface area contributed by atoms with Gasteiger partial charge in [-0.15, -0.1) is 0 Å². The second kappa shape index (κ2) is 3.86. The number of aliphatic carboxylic acids is 1. The van der Waals surface area contributed by atoms with Gasteiger partial charge in [-0.05, 0) is 12.8 Å². The van der Waals surface area contributed by atoms with E-state index in [0.717, 1.165) is 0 Å². The van der Waals surface area contributed by atoms with Crippen molar-refractivity contribution < 1.29 is 18.3 Å². The topological polar surface area (TPSA) is 74.7 Å². The second-order valence-electron chi connectivity index (χ2n) is 3.64. The lowest BCUT2D eigenvalue weighted by Gasteiger charge is -2.13. The normalized spacial score (nSPS) is 29.3. The molecule has 1 aliphatic heterocycles. The smallest absolute Gasteiger partial charge is 0.308 e. The minimum absolute atomic E-state index is 0.0338. The number of hydrogen-bond acceptors (Lipinski definition) is 3. The van der Waals surface area contributed by atoms with Gasteiger partial charge >= 0.3 is 5.97 Å². The van der Waals surface area contributed by atoms with Crippen molar-refractivity contribution in [2.24, 2.45) is 11.8 Å². The molecule has 0 amide bonds. The van der Waals surface area contributed by atoms with Gasteiger partial charge in [0.2, 0.25) is 10.0 Å². The molecular weight excluding hydrogens is 206 g/mol. The number of carbonyl (C=O) groups is 1. The van der Waals surface area contributed by atoms with Gasteiger partial charge in [0.1, 0.15) is 0 Å². The first kappa shape index (κ1) is 11.5. The van der Waals surface area contributed by atoms with Gasteiger partial charge in [0, 0.05) is 13.1 Å². The first-order valence-electron chi connectivity index (χ1n) is 4.59. The summed E-state index contributed by atoms with van der Waals surface area (Å²) in [5.74, 6) is -1.54. The van der Waals surface area contributed by atoms with Crippen molar-refractivity contribution in [1.82, 2.24) is 4.31 Å². The number of carboxylic acids is 1. The van der Waals surface area contributed by atoms with Gasteiger partial charge in [-0.1, -0.05) is 6.92 Å². The Morgan fingerprint density at radius 1 is 1.50 bits per heavy atom. The molecule has 1 heterocycles. The molecule has 1 rings (SSSR count). The van der Waals surface area contributed by atoms with Crippen LogP contribution in [-0.2, 0) is 14.8 Å². The lowest BCUT2D eigenvalue weighted by atomic mass is 9.99. The zero-order chi connectivity index (χ0) is 10.9. The second-order valence-corrected chi connectivity index (χ2v) is 5.90. The van der Waals surface area contributed by atoms with Crippen molar-refractivity contribution in [3.05, 3.63) is 0 Å². The van der Waals surface area contributed by atoms with Crippen molar-refractivity contribution in [3.63, 3.8) is 0 Å². The Morgan fingerprint density at radius 3 is 2.43 bits per heavy atom. The van der Waals surface area contributed by atoms with Crippen LogP contribution in [0.25, 0.3) is 0 Å². The SMILES string of the molecule is CCS(=O)(=O)N1C[C@@H](C)[C@H](C(=O)O)C1. The van der Waals surface area contributed by atoms with E-state index in [9.17, 15) is 13.2 Å². The number of carboxylic acid groups (broad SMARTS) is 1. The third-order valence-corrected chi connectivity index (χ3v) is 4.47. The minimum Gasteiger partial charge on any atom is -0.481 e. The van der Waals surface area contributed by atoms with Crippen molar-refractivity contribution in [2.45, 2.75) is 13.8 Å². The van der Waals surface area contributed by atoms with Gasteiger partial charge in [-0.2, -0.15) is 0 Å². The van der Waals surface area contributed by atoms with Crippen LogP contribution < -0.4 is 0 Å². The van der Waals surface area contributed by atoms with Crippen LogP contribution in [0, 0.1) is 11.8 Å². The average Bonchev–Trinajstić information content (AvgIpc) is 2.48. The Bertz CT molecular complexity index is 324. The molecular formula is C8H15NO4S. The highest BCUT2D eigenvalue weighted by Crippen LogP contribution is 2.25. The van der Waals surface area contributed by atoms with E-state index in [0.29, 0.717) is 6.54 Å². The molecule has 0 aromatic carbocycles. The summed E-state index contributed by atoms with van der Waals surface area (Å²) in [6.45, 7) is 3.78. The Hall–Kier alpha value is -0.620. The summed E-state index contributed by atoms with van der Waals surface area (Å²) in [5.41, 5.74) is 0. The average molecular weight is 221 g/mol. The van der Waals surface area contributed by atoms with Gasteiger partial charge in [0.05, 0.1) is 11.7 Å². The van der Waals surface area contributed by atoms with Gasteiger partial charge in [-0.25, -0.2) is 12.7 Å². The van der Waals surface area contributed by atoms with E-state index in [1.807, 2.05) is 0 Å². The van der Waals surface area contributed by atoms with Crippen LogP contribution in [0.4, 0.5) is 0 Å². The van der Waals surface area contributed by atoms with Crippen LogP contribution in [0.1, 0.15) is 13.8 Å². The van der Waals surface area contributed by atoms with E-state index in [4.69, 9.17) is 5.11 Å². The zero-order valence-corrected chi connectivity index (χ0v) is 9.12. The van der Waals surface area contributed by atoms with Crippen molar-refractivity contribution in [1.29, 1.82) is 0 Å². The Balaban J connectivity index is 2.78. The summed E-state index contributed by atoms with van der Waals surface area (Å²) >= 11 is 0. The standard InChI is InChI=1S/C8H15NO4S/c1-3-14(12,13)9-4-6(2)7(5-9)8(10)11/h6-7H,3-5H2,1-2H3,(H,10,11)/t6-,7-/m1/s1. The number of nitrogens with zero attached hydrogens (tertiary/aromatic N) is 1. The maximum atomic E-state index is 11.4. The van der Waals surface area contributed by atoms with Crippen LogP contribution in [0.5, 0.6) is 0 Å². The van der Waals surface area contributed by atoms with E-state index in [1.165, 1.54) is 4.31 Å². The summed E-state index contributed by atoms with van der Waals surface area (Å²) in [6.07, 6.45) is 0. The summed E-state index contributed by atoms with van der Waals surface area (Å²) in [5, 5.41) is 8.82. The highest BCUT2D eigenvalue weighted by Gasteiger charge is 2.39. The summed E-state index contributed by atoms with van der Waals surface area (Å²) in [6, 6.07) is 0. The first-order chi connectivity index (χ1) is 6.38. The van der Waals surface area contributed by atoms with E-state index in [2.05, 4.69) is 0 Å². The van der Waals surface area contributed by atoms with Gasteiger partial charge in [-0.3, -0.25) is 4.79 Å². The van der Waals surface area contributed by atoms with Crippen LogP contribution in [0.3, 0.4) is 0 Å². The fourth-order valence-electron chi connectivity index (χ4n) is 1.65. The molecule has 0 aromatic rings. The first-order valence-corrected chi connectivity index (χ1v) is 6.20. The van der Waals surface area contributed by atoms with E-state index < -0.39 is 21.9 Å². The molecule has 1 aliphatic rings. The third kappa shape index (κ3) is 2.06. The number of sulfonamides is 1. The molecule has 0 spiro atoms. The number of rotatable bonds is 3. The Labute approximate surface area is 83.8 Å². The highest BCUT2D eigenvalue weighted by atomic mass is 32.2. The van der Waals surface area contributed by atoms with Crippen molar-refractivity contribution >= 4 is 16.0 Å². The largest absolute Gasteiger partial charge is 0.481 e. The predicted molar refractivity (Wildman–Crippen MR) is 51.3 cm³/mol. The Morgan fingerprint density at radius 2 is 2.07 bits per heavy atom. The molecule has 14 heavy (non-hydrogen) atoms. The molecule has 2 atom stereocenters. The van der Waals surface area contributed by atoms with Gasteiger partial charge < -0.3 is 5.11 Å². The fraction of sp³-hybridized carbons (Fsp3) is 0.875. The molecule has 1 N–H and O–H groups in total. The lowest BCUT2D eigenvalue weighted by Crippen LogP contribution is -2.31. The van der Waals surface area contributed by atoms with Crippen LogP contribution in [-0.4, -0.2) is 42.6 Å². The third-order valence-electron chi connectivity index (χ3n) is 2.65. The monoisotopic (exact) mass is 221 g/mol. The molecule has 0 bridgehead atoms. The van der Waals surface area contributed by atoms with Crippen molar-refractivity contribution in [2.75, 3.05) is 18.8 Å². The molecule has 0 aromatic heterocycles. The minimum atomic E-state index is -3.23. The molecule has 1 fully saturated rings. The van der Waals surface area contributed by atoms with Crippen LogP contribution in [0.2, 0.25) is 0 Å². The highest BCUT2D eigenvalue weighted by molar-refractivity contribution is 7.89. The van der Waals surface area contributed by atoms with E-state index >= 15 is 0 Å². The molecule has 0 saturated carbocycles. The molecule has 82 valence electrons. The lowest BCUT2D eigenvalue weighted by molar-refractivity contribution is -0.142. The van der Waals surface area contributed by atoms with E-state index in [1.54, 1.807) is 13.8 Å². The van der Waals surface area contributed by atoms with Crippen LogP contribution in [0.15, 0.2) is 0 Å². The van der Waals surface area contributed by atoms with Gasteiger partial charge in [0.25, 0.3) is 0 Å². The van der Waals surface area contributed by atoms with E-state index in [-0.39, 0.29) is 18.2 Å². The molecule has 0 unspecified atom stereocenters. The molecule has 1 saturated heterocycles. The maximum Gasteiger partial charge on any atom is 0.308 e. The summed E-state index contributed by atoms with van der Waals surface area (Å²) in [4.78, 5) is 10.8. The fourth-order valence-corrected chi connectivity index (χ4v) is 2.87. The summed E-state index contributed by atoms with van der Waals surface area (Å²) < 4.78 is 24.2. The van der Waals surface area contributed by atoms with Crippen LogP contribution >= 0.6 is 0 Å². The quantitative estimate of drug-likeness (QED) is 0.727. The van der Waals surface area contributed by atoms with Crippen molar-refractivity contribution in [3.8, 4) is 0 Å². The molecule has 0 aliphatic carbocycles. The maximum absolute atomic E-state index is 11.4. The predicted octanol–water partition coefficient (Wildman–Crippen LogP) is -0.0114. The molecule has 5 nitrogen and oxygen atoms in total. The Kier molecular flexibility index (Phi) is 3.16. The zero-order valence-electron chi connectivity index (χ0n) is 8.30. The van der Waals surface area contributed by atoms with Gasteiger partial charge in [0.15, 0.2) is 0 Å². The summed E-state index contributed by atoms with van der Waals surface area (Å²) in [7, 11) is -3.23. The number of hydrogen-bond donors (Lipinski definition) is 1.